The Labute approximate surface area is 176 Å². The molecule has 0 bridgehead atoms. The van der Waals surface area contributed by atoms with Crippen LogP contribution < -0.4 is 9.56 Å². The summed E-state index contributed by atoms with van der Waals surface area (Å²) in [6.07, 6.45) is 1.32. The van der Waals surface area contributed by atoms with E-state index in [9.17, 15) is 23.5 Å². The zero-order valence-electron chi connectivity index (χ0n) is 15.8. The fourth-order valence-corrected chi connectivity index (χ4v) is 4.07. The maximum Gasteiger partial charge on any atom is 0.339 e. The second-order valence-electron chi connectivity index (χ2n) is 6.60. The molecule has 0 unspecified atom stereocenters. The Balaban J connectivity index is 1.76. The average molecular weight is 438 g/mol. The average Bonchev–Trinajstić information content (AvgIpc) is 2.76. The number of sulfonamides is 1. The number of benzene rings is 3. The molecule has 31 heavy (non-hydrogen) atoms. The molecule has 3 aromatic carbocycles. The first-order chi connectivity index (χ1) is 14.8. The number of hydrogen-bond acceptors (Lipinski definition) is 6. The highest BCUT2D eigenvalue weighted by Crippen LogP contribution is 2.24. The quantitative estimate of drug-likeness (QED) is 0.124. The van der Waals surface area contributed by atoms with Gasteiger partial charge in [0, 0.05) is 22.4 Å². The second-order valence-corrected chi connectivity index (χ2v) is 8.26. The Bertz CT molecular complexity index is 1420. The van der Waals surface area contributed by atoms with Crippen LogP contribution in [0.5, 0.6) is 5.75 Å². The number of carboxylic acids is 1. The van der Waals surface area contributed by atoms with Gasteiger partial charge in [-0.3, -0.25) is 5.21 Å². The van der Waals surface area contributed by atoms with E-state index in [-0.39, 0.29) is 4.90 Å². The predicted octanol–water partition coefficient (Wildman–Crippen LogP) is 2.23. The van der Waals surface area contributed by atoms with Crippen molar-refractivity contribution in [3.63, 3.8) is 0 Å². The van der Waals surface area contributed by atoms with Crippen LogP contribution in [0.25, 0.3) is 21.8 Å². The largest absolute Gasteiger partial charge is 0.507 e. The summed E-state index contributed by atoms with van der Waals surface area (Å²) in [4.78, 5) is 12.8. The van der Waals surface area contributed by atoms with Gasteiger partial charge in [0.1, 0.15) is 11.3 Å². The van der Waals surface area contributed by atoms with E-state index in [4.69, 9.17) is 5.11 Å². The first kappa shape index (κ1) is 20.1. The van der Waals surface area contributed by atoms with Crippen molar-refractivity contribution in [2.75, 3.05) is 0 Å². The summed E-state index contributed by atoms with van der Waals surface area (Å²) in [6.45, 7) is 0. The number of fused-ring (bicyclic) bond motifs is 2. The van der Waals surface area contributed by atoms with Crippen molar-refractivity contribution in [2.24, 2.45) is 5.10 Å². The first-order valence-corrected chi connectivity index (χ1v) is 10.4. The highest BCUT2D eigenvalue weighted by molar-refractivity contribution is 7.89. The van der Waals surface area contributed by atoms with Crippen LogP contribution in [0.15, 0.2) is 76.7 Å². The van der Waals surface area contributed by atoms with E-state index >= 15 is 0 Å². The summed E-state index contributed by atoms with van der Waals surface area (Å²) < 4.78 is 26.1. The Morgan fingerprint density at radius 3 is 2.13 bits per heavy atom. The highest BCUT2D eigenvalue weighted by Gasteiger charge is 2.20. The molecular formula is C21H16N3O6S+. The van der Waals surface area contributed by atoms with Crippen molar-refractivity contribution in [3.8, 4) is 5.75 Å². The topological polar surface area (TPSA) is 140 Å². The first-order valence-electron chi connectivity index (χ1n) is 8.95. The minimum absolute atomic E-state index is 0.365. The Morgan fingerprint density at radius 2 is 1.55 bits per heavy atom. The van der Waals surface area contributed by atoms with Gasteiger partial charge in [0.05, 0.1) is 21.9 Å². The zero-order valence-corrected chi connectivity index (χ0v) is 16.6. The maximum atomic E-state index is 12.5. The number of carbonyl (C=O) groups is 1. The lowest BCUT2D eigenvalue weighted by molar-refractivity contribution is -0.864. The molecule has 4 N–H and O–H groups in total. The van der Waals surface area contributed by atoms with E-state index in [1.165, 1.54) is 6.21 Å². The van der Waals surface area contributed by atoms with Crippen LogP contribution in [0.3, 0.4) is 0 Å². The molecule has 0 saturated heterocycles. The highest BCUT2D eigenvalue weighted by atomic mass is 32.2. The van der Waals surface area contributed by atoms with E-state index in [1.807, 2.05) is 0 Å². The number of phenols is 1. The van der Waals surface area contributed by atoms with Gasteiger partial charge in [-0.25, -0.2) is 9.63 Å². The summed E-state index contributed by atoms with van der Waals surface area (Å²) in [6, 6.07) is 17.0. The summed E-state index contributed by atoms with van der Waals surface area (Å²) in [7, 11) is -4.19. The molecular weight excluding hydrogens is 422 g/mol. The third kappa shape index (κ3) is 3.60. The normalized spacial score (nSPS) is 11.9. The lowest BCUT2D eigenvalue weighted by Crippen LogP contribution is -2.32. The number of nitrogens with one attached hydrogen (secondary N) is 1. The number of carboxylic acid groups (broad SMARTS) is 1. The van der Waals surface area contributed by atoms with E-state index in [0.717, 1.165) is 22.9 Å². The van der Waals surface area contributed by atoms with Gasteiger partial charge in [0.25, 0.3) is 21.1 Å². The van der Waals surface area contributed by atoms with Gasteiger partial charge >= 0.3 is 5.97 Å². The minimum atomic E-state index is -4.19. The third-order valence-corrected chi connectivity index (χ3v) is 5.94. The number of aromatic hydroxyl groups is 1. The molecule has 1 heterocycles. The number of hydrogen-bond donors (Lipinski definition) is 4. The van der Waals surface area contributed by atoms with Crippen molar-refractivity contribution in [3.05, 3.63) is 77.9 Å². The number of aromatic nitrogens is 1. The number of nitrogens with zero attached hydrogens (tertiary/aromatic N) is 2. The Hall–Kier alpha value is -4.18. The molecule has 10 heteroatoms. The number of para-hydroxylation sites is 2. The van der Waals surface area contributed by atoms with E-state index in [0.29, 0.717) is 27.4 Å². The Kier molecular flexibility index (Phi) is 4.91. The van der Waals surface area contributed by atoms with Crippen LogP contribution in [0.1, 0.15) is 15.9 Å². The molecule has 4 rings (SSSR count). The molecule has 0 fully saturated rings. The van der Waals surface area contributed by atoms with Gasteiger partial charge < -0.3 is 10.2 Å². The monoisotopic (exact) mass is 438 g/mol. The lowest BCUT2D eigenvalue weighted by atomic mass is 10.0. The van der Waals surface area contributed by atoms with Crippen molar-refractivity contribution in [1.82, 2.24) is 4.83 Å². The fraction of sp³-hybridized carbons (Fsp3) is 0. The number of rotatable bonds is 5. The van der Waals surface area contributed by atoms with Crippen molar-refractivity contribution < 1.29 is 33.4 Å². The molecule has 0 aliphatic carbocycles. The van der Waals surface area contributed by atoms with Crippen LogP contribution in [0.2, 0.25) is 0 Å². The molecule has 156 valence electrons. The molecule has 0 atom stereocenters. The van der Waals surface area contributed by atoms with E-state index in [2.05, 4.69) is 9.93 Å². The van der Waals surface area contributed by atoms with Crippen molar-refractivity contribution >= 4 is 44.0 Å². The van der Waals surface area contributed by atoms with E-state index < -0.39 is 27.3 Å². The number of pyridine rings is 1. The molecule has 0 radical (unpaired) electrons. The zero-order chi connectivity index (χ0) is 22.2. The van der Waals surface area contributed by atoms with Crippen LogP contribution >= 0.6 is 0 Å². The molecule has 0 aliphatic heterocycles. The van der Waals surface area contributed by atoms with Crippen LogP contribution in [0.4, 0.5) is 0 Å². The van der Waals surface area contributed by atoms with Crippen molar-refractivity contribution in [1.29, 1.82) is 0 Å². The van der Waals surface area contributed by atoms with Crippen LogP contribution in [-0.2, 0) is 10.0 Å². The fourth-order valence-electron chi connectivity index (χ4n) is 3.25. The van der Waals surface area contributed by atoms with Gasteiger partial charge in [-0.05, 0) is 30.3 Å². The molecule has 0 spiro atoms. The third-order valence-electron chi connectivity index (χ3n) is 4.72. The molecule has 0 saturated carbocycles. The van der Waals surface area contributed by atoms with Gasteiger partial charge in [-0.2, -0.15) is 13.5 Å². The second kappa shape index (κ2) is 7.58. The van der Waals surface area contributed by atoms with Gasteiger partial charge in [0.15, 0.2) is 0 Å². The number of hydrazone groups is 1. The SMILES string of the molecule is O=C(O)c1cc(S(=O)(=O)N/N=C\c2c3ccccc3[n+](O)c3ccccc23)ccc1O. The molecule has 9 nitrogen and oxygen atoms in total. The van der Waals surface area contributed by atoms with Gasteiger partial charge in [-0.1, -0.05) is 24.3 Å². The molecule has 1 aromatic heterocycles. The summed E-state index contributed by atoms with van der Waals surface area (Å²) in [5.41, 5.74) is 1.06. The Morgan fingerprint density at radius 1 is 0.968 bits per heavy atom. The van der Waals surface area contributed by atoms with E-state index in [1.54, 1.807) is 48.5 Å². The van der Waals surface area contributed by atoms with Gasteiger partial charge in [0.2, 0.25) is 0 Å². The molecule has 0 amide bonds. The number of aromatic carboxylic acids is 1. The minimum Gasteiger partial charge on any atom is -0.507 e. The van der Waals surface area contributed by atoms with Crippen molar-refractivity contribution in [2.45, 2.75) is 4.90 Å². The molecule has 4 aromatic rings. The maximum absolute atomic E-state index is 12.5. The molecule has 0 aliphatic rings. The standard InChI is InChI=1S/C21H15N3O6S/c25-20-10-9-13(11-16(20)21(26)27)31(29,30)23-22-12-17-14-5-1-3-7-18(14)24(28)19-8-4-2-6-15(17)19/h1-12,28H,(H2,25,26,27)/p+1. The van der Waals surface area contributed by atoms with Crippen LogP contribution in [-0.4, -0.2) is 36.0 Å². The predicted molar refractivity (Wildman–Crippen MR) is 112 cm³/mol. The lowest BCUT2D eigenvalue weighted by Gasteiger charge is -2.07. The van der Waals surface area contributed by atoms with Crippen LogP contribution in [0, 0.1) is 0 Å². The summed E-state index contributed by atoms with van der Waals surface area (Å²) in [5.74, 6) is -2.01. The summed E-state index contributed by atoms with van der Waals surface area (Å²) in [5, 5.41) is 34.3. The smallest absolute Gasteiger partial charge is 0.339 e. The van der Waals surface area contributed by atoms with Gasteiger partial charge in [-0.15, -0.1) is 0 Å². The summed E-state index contributed by atoms with van der Waals surface area (Å²) >= 11 is 0.